The van der Waals surface area contributed by atoms with Crippen LogP contribution in [0.5, 0.6) is 0 Å². The Labute approximate surface area is 98.8 Å². The summed E-state index contributed by atoms with van der Waals surface area (Å²) in [5.41, 5.74) is 2.93. The Kier molecular flexibility index (Phi) is 6.28. The van der Waals surface area contributed by atoms with Crippen LogP contribution >= 0.6 is 0 Å². The maximum absolute atomic E-state index is 5.81. The van der Waals surface area contributed by atoms with Crippen molar-refractivity contribution in [2.45, 2.75) is 45.8 Å². The van der Waals surface area contributed by atoms with Crippen LogP contribution in [-0.2, 0) is 9.47 Å². The van der Waals surface area contributed by atoms with Crippen LogP contribution < -0.4 is 11.3 Å². The number of hydrogen-bond donors (Lipinski definition) is 2. The van der Waals surface area contributed by atoms with E-state index in [4.69, 9.17) is 15.3 Å². The van der Waals surface area contributed by atoms with Gasteiger partial charge in [-0.05, 0) is 25.7 Å². The highest BCUT2D eigenvalue weighted by atomic mass is 16.5. The highest BCUT2D eigenvalue weighted by Crippen LogP contribution is 2.24. The smallest absolute Gasteiger partial charge is 0.0767 e. The molecule has 1 fully saturated rings. The third-order valence-corrected chi connectivity index (χ3v) is 3.27. The summed E-state index contributed by atoms with van der Waals surface area (Å²) < 4.78 is 11.3. The maximum Gasteiger partial charge on any atom is 0.0767 e. The molecule has 1 heterocycles. The number of ether oxygens (including phenoxy) is 2. The number of nitrogens with one attached hydrogen (secondary N) is 1. The van der Waals surface area contributed by atoms with Gasteiger partial charge < -0.3 is 9.47 Å². The molecule has 3 unspecified atom stereocenters. The minimum Gasteiger partial charge on any atom is -0.381 e. The minimum atomic E-state index is 0.168. The van der Waals surface area contributed by atoms with E-state index in [1.165, 1.54) is 6.42 Å². The van der Waals surface area contributed by atoms with E-state index in [1.54, 1.807) is 0 Å². The van der Waals surface area contributed by atoms with Crippen molar-refractivity contribution in [2.24, 2.45) is 17.7 Å². The molecule has 0 aliphatic carbocycles. The molecule has 3 atom stereocenters. The van der Waals surface area contributed by atoms with Gasteiger partial charge in [-0.2, -0.15) is 0 Å². The van der Waals surface area contributed by atoms with Gasteiger partial charge >= 0.3 is 0 Å². The molecule has 4 nitrogen and oxygen atoms in total. The lowest BCUT2D eigenvalue weighted by molar-refractivity contribution is -0.0416. The molecule has 1 saturated heterocycles. The topological polar surface area (TPSA) is 56.5 Å². The zero-order valence-corrected chi connectivity index (χ0v) is 10.7. The lowest BCUT2D eigenvalue weighted by Gasteiger charge is -2.36. The van der Waals surface area contributed by atoms with Crippen molar-refractivity contribution in [3.63, 3.8) is 0 Å². The molecular formula is C12H26N2O2. The Balaban J connectivity index is 2.60. The van der Waals surface area contributed by atoms with Gasteiger partial charge in [-0.15, -0.1) is 0 Å². The van der Waals surface area contributed by atoms with Crippen LogP contribution in [0.15, 0.2) is 0 Å². The van der Waals surface area contributed by atoms with E-state index in [9.17, 15) is 0 Å². The van der Waals surface area contributed by atoms with Crippen LogP contribution in [0.4, 0.5) is 0 Å². The van der Waals surface area contributed by atoms with Crippen molar-refractivity contribution < 1.29 is 9.47 Å². The summed E-state index contributed by atoms with van der Waals surface area (Å²) in [6, 6.07) is 0.195. The first-order valence-electron chi connectivity index (χ1n) is 6.36. The van der Waals surface area contributed by atoms with Gasteiger partial charge in [0.25, 0.3) is 0 Å². The molecule has 0 aromatic carbocycles. The summed E-state index contributed by atoms with van der Waals surface area (Å²) in [5.74, 6) is 6.62. The van der Waals surface area contributed by atoms with E-state index >= 15 is 0 Å². The fraction of sp³-hybridized carbons (Fsp3) is 1.00. The van der Waals surface area contributed by atoms with Gasteiger partial charge in [0, 0.05) is 19.1 Å². The molecule has 0 saturated carbocycles. The van der Waals surface area contributed by atoms with Crippen molar-refractivity contribution in [1.29, 1.82) is 0 Å². The molecule has 0 amide bonds. The standard InChI is InChI=1S/C12H26N2O2/c1-4-16-12(9(2)3)11(14-13)10-6-5-7-15-8-10/h9-12,14H,4-8,13H2,1-3H3. The molecule has 16 heavy (non-hydrogen) atoms. The van der Waals surface area contributed by atoms with Crippen LogP contribution in [0.25, 0.3) is 0 Å². The lowest BCUT2D eigenvalue weighted by Crippen LogP contribution is -2.53. The Morgan fingerprint density at radius 1 is 1.50 bits per heavy atom. The van der Waals surface area contributed by atoms with Crippen molar-refractivity contribution in [1.82, 2.24) is 5.43 Å². The molecule has 0 aromatic heterocycles. The quantitative estimate of drug-likeness (QED) is 0.533. The number of hydrogen-bond acceptors (Lipinski definition) is 4. The third kappa shape index (κ3) is 3.70. The van der Waals surface area contributed by atoms with E-state index in [1.807, 2.05) is 6.92 Å². The van der Waals surface area contributed by atoms with Crippen molar-refractivity contribution in [2.75, 3.05) is 19.8 Å². The van der Waals surface area contributed by atoms with Gasteiger partial charge in [-0.25, -0.2) is 0 Å². The number of hydrazine groups is 1. The summed E-state index contributed by atoms with van der Waals surface area (Å²) in [6.45, 7) is 8.79. The maximum atomic E-state index is 5.81. The average molecular weight is 230 g/mol. The van der Waals surface area contributed by atoms with E-state index in [2.05, 4.69) is 19.3 Å². The minimum absolute atomic E-state index is 0.168. The molecule has 96 valence electrons. The Morgan fingerprint density at radius 3 is 2.69 bits per heavy atom. The molecule has 1 rings (SSSR count). The second-order valence-electron chi connectivity index (χ2n) is 4.83. The van der Waals surface area contributed by atoms with Crippen LogP contribution in [0.1, 0.15) is 33.6 Å². The van der Waals surface area contributed by atoms with Gasteiger partial charge in [0.2, 0.25) is 0 Å². The molecule has 1 aliphatic heterocycles. The van der Waals surface area contributed by atoms with Gasteiger partial charge in [0.15, 0.2) is 0 Å². The largest absolute Gasteiger partial charge is 0.381 e. The molecule has 4 heteroatoms. The summed E-state index contributed by atoms with van der Waals surface area (Å²) in [4.78, 5) is 0. The Bertz CT molecular complexity index is 182. The Morgan fingerprint density at radius 2 is 2.25 bits per heavy atom. The van der Waals surface area contributed by atoms with E-state index in [-0.39, 0.29) is 12.1 Å². The molecule has 1 aliphatic rings. The zero-order valence-electron chi connectivity index (χ0n) is 10.7. The van der Waals surface area contributed by atoms with Gasteiger partial charge in [0.05, 0.1) is 18.8 Å². The van der Waals surface area contributed by atoms with Crippen molar-refractivity contribution >= 4 is 0 Å². The average Bonchev–Trinajstić information content (AvgIpc) is 2.30. The normalized spacial score (nSPS) is 25.7. The molecule has 0 bridgehead atoms. The van der Waals surface area contributed by atoms with Gasteiger partial charge in [-0.3, -0.25) is 11.3 Å². The first kappa shape index (κ1) is 13.9. The first-order valence-corrected chi connectivity index (χ1v) is 6.36. The highest BCUT2D eigenvalue weighted by molar-refractivity contribution is 4.85. The van der Waals surface area contributed by atoms with Crippen LogP contribution in [0.2, 0.25) is 0 Å². The monoisotopic (exact) mass is 230 g/mol. The third-order valence-electron chi connectivity index (χ3n) is 3.27. The van der Waals surface area contributed by atoms with E-state index in [0.717, 1.165) is 26.2 Å². The summed E-state index contributed by atoms with van der Waals surface area (Å²) >= 11 is 0. The lowest BCUT2D eigenvalue weighted by atomic mass is 9.86. The second kappa shape index (κ2) is 7.22. The van der Waals surface area contributed by atoms with Crippen LogP contribution in [0.3, 0.4) is 0 Å². The fourth-order valence-electron chi connectivity index (χ4n) is 2.45. The fourth-order valence-corrected chi connectivity index (χ4v) is 2.45. The molecule has 3 N–H and O–H groups in total. The van der Waals surface area contributed by atoms with Crippen molar-refractivity contribution in [3.8, 4) is 0 Å². The van der Waals surface area contributed by atoms with E-state index < -0.39 is 0 Å². The van der Waals surface area contributed by atoms with Crippen LogP contribution in [0, 0.1) is 11.8 Å². The summed E-state index contributed by atoms with van der Waals surface area (Å²) in [6.07, 6.45) is 2.46. The Hall–Kier alpha value is -0.160. The molecule has 0 spiro atoms. The van der Waals surface area contributed by atoms with Crippen molar-refractivity contribution in [3.05, 3.63) is 0 Å². The SMILES string of the molecule is CCOC(C(C)C)C(NN)C1CCCOC1. The molecular weight excluding hydrogens is 204 g/mol. The summed E-state index contributed by atoms with van der Waals surface area (Å²) in [7, 11) is 0. The van der Waals surface area contributed by atoms with Gasteiger partial charge in [-0.1, -0.05) is 13.8 Å². The van der Waals surface area contributed by atoms with Gasteiger partial charge in [0.1, 0.15) is 0 Å². The second-order valence-corrected chi connectivity index (χ2v) is 4.83. The number of rotatable bonds is 6. The summed E-state index contributed by atoms with van der Waals surface area (Å²) in [5, 5.41) is 0. The molecule has 0 aromatic rings. The van der Waals surface area contributed by atoms with E-state index in [0.29, 0.717) is 11.8 Å². The first-order chi connectivity index (χ1) is 7.70. The predicted molar refractivity (Wildman–Crippen MR) is 64.9 cm³/mol. The molecule has 0 radical (unpaired) electrons. The predicted octanol–water partition coefficient (Wildman–Crippen LogP) is 1.31. The number of nitrogens with two attached hydrogens (primary N) is 1. The highest BCUT2D eigenvalue weighted by Gasteiger charge is 2.32. The van der Waals surface area contributed by atoms with Crippen LogP contribution in [-0.4, -0.2) is 32.0 Å². The zero-order chi connectivity index (χ0) is 12.0.